The minimum Gasteiger partial charge on any atom is -0.320 e. The SMILES string of the molecule is NC(Cc1cc(F)ccc1F)C(F)(F)F. The summed E-state index contributed by atoms with van der Waals surface area (Å²) in [5.74, 6) is -1.68. The zero-order valence-corrected chi connectivity index (χ0v) is 7.48. The van der Waals surface area contributed by atoms with Gasteiger partial charge in [-0.1, -0.05) is 0 Å². The maximum absolute atomic E-state index is 12.9. The fourth-order valence-corrected chi connectivity index (χ4v) is 1.05. The minimum atomic E-state index is -4.61. The molecular weight excluding hydrogens is 217 g/mol. The van der Waals surface area contributed by atoms with Crippen LogP contribution in [0.15, 0.2) is 18.2 Å². The summed E-state index contributed by atoms with van der Waals surface area (Å²) in [6.07, 6.45) is -5.38. The highest BCUT2D eigenvalue weighted by molar-refractivity contribution is 5.20. The van der Waals surface area contributed by atoms with Crippen molar-refractivity contribution in [2.75, 3.05) is 0 Å². The third-order valence-corrected chi connectivity index (χ3v) is 1.87. The smallest absolute Gasteiger partial charge is 0.320 e. The largest absolute Gasteiger partial charge is 0.403 e. The topological polar surface area (TPSA) is 26.0 Å². The Hall–Kier alpha value is -1.17. The Morgan fingerprint density at radius 2 is 1.80 bits per heavy atom. The number of benzene rings is 1. The van der Waals surface area contributed by atoms with Crippen molar-refractivity contribution in [2.24, 2.45) is 5.73 Å². The van der Waals surface area contributed by atoms with E-state index in [0.717, 1.165) is 12.1 Å². The Balaban J connectivity index is 2.85. The van der Waals surface area contributed by atoms with Crippen LogP contribution in [-0.2, 0) is 6.42 Å². The molecule has 1 unspecified atom stereocenters. The van der Waals surface area contributed by atoms with E-state index >= 15 is 0 Å². The van der Waals surface area contributed by atoms with Crippen LogP contribution in [0, 0.1) is 11.6 Å². The highest BCUT2D eigenvalue weighted by Gasteiger charge is 2.36. The molecule has 1 aromatic carbocycles. The first-order chi connectivity index (χ1) is 6.80. The molecule has 0 aromatic heterocycles. The van der Waals surface area contributed by atoms with Gasteiger partial charge in [0.15, 0.2) is 0 Å². The van der Waals surface area contributed by atoms with Gasteiger partial charge in [0.2, 0.25) is 0 Å². The second-order valence-electron chi connectivity index (χ2n) is 3.09. The molecule has 0 saturated carbocycles. The molecule has 0 amide bonds. The van der Waals surface area contributed by atoms with Gasteiger partial charge in [-0.05, 0) is 30.2 Å². The number of hydrogen-bond donors (Lipinski definition) is 1. The molecule has 0 aliphatic heterocycles. The molecule has 84 valence electrons. The summed E-state index contributed by atoms with van der Waals surface area (Å²) in [6, 6.07) is 0.126. The first-order valence-electron chi connectivity index (χ1n) is 4.07. The molecule has 0 aliphatic rings. The van der Waals surface area contributed by atoms with Gasteiger partial charge < -0.3 is 5.73 Å². The summed E-state index contributed by atoms with van der Waals surface area (Å²) in [5, 5.41) is 0. The number of alkyl halides is 3. The Labute approximate surface area is 82.7 Å². The Bertz CT molecular complexity index is 347. The molecule has 1 atom stereocenters. The van der Waals surface area contributed by atoms with Crippen LogP contribution in [0.1, 0.15) is 5.56 Å². The molecule has 0 bridgehead atoms. The molecule has 6 heteroatoms. The molecular formula is C9H8F5N. The van der Waals surface area contributed by atoms with Crippen molar-refractivity contribution in [3.05, 3.63) is 35.4 Å². The van der Waals surface area contributed by atoms with Crippen LogP contribution in [0.4, 0.5) is 22.0 Å². The third kappa shape index (κ3) is 3.16. The fourth-order valence-electron chi connectivity index (χ4n) is 1.05. The quantitative estimate of drug-likeness (QED) is 0.768. The molecule has 1 aromatic rings. The molecule has 1 rings (SSSR count). The van der Waals surface area contributed by atoms with E-state index in [1.165, 1.54) is 0 Å². The summed E-state index contributed by atoms with van der Waals surface area (Å²) in [4.78, 5) is 0. The minimum absolute atomic E-state index is 0.375. The molecule has 0 radical (unpaired) electrons. The van der Waals surface area contributed by atoms with Gasteiger partial charge in [0, 0.05) is 0 Å². The predicted molar refractivity (Wildman–Crippen MR) is 44.1 cm³/mol. The van der Waals surface area contributed by atoms with Crippen molar-refractivity contribution in [1.29, 1.82) is 0 Å². The van der Waals surface area contributed by atoms with Crippen molar-refractivity contribution in [2.45, 2.75) is 18.6 Å². The number of halogens is 5. The van der Waals surface area contributed by atoms with Crippen molar-refractivity contribution in [3.8, 4) is 0 Å². The van der Waals surface area contributed by atoms with Crippen molar-refractivity contribution < 1.29 is 22.0 Å². The predicted octanol–water partition coefficient (Wildman–Crippen LogP) is 2.40. The van der Waals surface area contributed by atoms with Gasteiger partial charge in [-0.2, -0.15) is 13.2 Å². The lowest BCUT2D eigenvalue weighted by Crippen LogP contribution is -2.39. The van der Waals surface area contributed by atoms with Gasteiger partial charge in [-0.25, -0.2) is 8.78 Å². The average Bonchev–Trinajstić information content (AvgIpc) is 2.09. The number of hydrogen-bond acceptors (Lipinski definition) is 1. The Morgan fingerprint density at radius 3 is 2.33 bits per heavy atom. The van der Waals surface area contributed by atoms with E-state index in [2.05, 4.69) is 0 Å². The van der Waals surface area contributed by atoms with Gasteiger partial charge >= 0.3 is 6.18 Å². The molecule has 0 heterocycles. The number of nitrogens with two attached hydrogens (primary N) is 1. The first kappa shape index (κ1) is 11.9. The van der Waals surface area contributed by atoms with Crippen LogP contribution < -0.4 is 5.73 Å². The zero-order valence-electron chi connectivity index (χ0n) is 7.48. The Morgan fingerprint density at radius 1 is 1.20 bits per heavy atom. The monoisotopic (exact) mass is 225 g/mol. The van der Waals surface area contributed by atoms with Crippen molar-refractivity contribution in [3.63, 3.8) is 0 Å². The van der Waals surface area contributed by atoms with Crippen LogP contribution in [0.3, 0.4) is 0 Å². The van der Waals surface area contributed by atoms with Gasteiger partial charge in [-0.3, -0.25) is 0 Å². The van der Waals surface area contributed by atoms with Crippen LogP contribution in [0.5, 0.6) is 0 Å². The second-order valence-corrected chi connectivity index (χ2v) is 3.09. The molecule has 0 spiro atoms. The number of rotatable bonds is 2. The maximum Gasteiger partial charge on any atom is 0.403 e. The molecule has 1 nitrogen and oxygen atoms in total. The molecule has 2 N–H and O–H groups in total. The third-order valence-electron chi connectivity index (χ3n) is 1.87. The van der Waals surface area contributed by atoms with E-state index in [4.69, 9.17) is 5.73 Å². The van der Waals surface area contributed by atoms with Crippen molar-refractivity contribution >= 4 is 0 Å². The lowest BCUT2D eigenvalue weighted by Gasteiger charge is -2.15. The summed E-state index contributed by atoms with van der Waals surface area (Å²) in [7, 11) is 0. The highest BCUT2D eigenvalue weighted by Crippen LogP contribution is 2.22. The van der Waals surface area contributed by atoms with Crippen LogP contribution in [0.2, 0.25) is 0 Å². The van der Waals surface area contributed by atoms with Gasteiger partial charge in [0.1, 0.15) is 17.7 Å². The summed E-state index contributed by atoms with van der Waals surface area (Å²) in [5.41, 5.74) is 4.41. The standard InChI is InChI=1S/C9H8F5N/c10-6-1-2-7(11)5(3-6)4-8(15)9(12,13)14/h1-3,8H,4,15H2. The molecule has 15 heavy (non-hydrogen) atoms. The van der Waals surface area contributed by atoms with Crippen LogP contribution in [0.25, 0.3) is 0 Å². The molecule has 0 aliphatic carbocycles. The molecule has 0 fully saturated rings. The normalized spacial score (nSPS) is 14.0. The van der Waals surface area contributed by atoms with E-state index < -0.39 is 30.3 Å². The van der Waals surface area contributed by atoms with E-state index in [0.29, 0.717) is 6.07 Å². The van der Waals surface area contributed by atoms with E-state index in [1.54, 1.807) is 0 Å². The summed E-state index contributed by atoms with van der Waals surface area (Å²) >= 11 is 0. The van der Waals surface area contributed by atoms with Gasteiger partial charge in [0.05, 0.1) is 0 Å². The lowest BCUT2D eigenvalue weighted by atomic mass is 10.1. The van der Waals surface area contributed by atoms with Gasteiger partial charge in [-0.15, -0.1) is 0 Å². The fraction of sp³-hybridized carbons (Fsp3) is 0.333. The van der Waals surface area contributed by atoms with Gasteiger partial charge in [0.25, 0.3) is 0 Å². The Kier molecular flexibility index (Phi) is 3.28. The van der Waals surface area contributed by atoms with Crippen molar-refractivity contribution in [1.82, 2.24) is 0 Å². The zero-order chi connectivity index (χ0) is 11.6. The van der Waals surface area contributed by atoms with E-state index in [1.807, 2.05) is 0 Å². The molecule has 0 saturated heterocycles. The van der Waals surface area contributed by atoms with Crippen LogP contribution >= 0.6 is 0 Å². The lowest BCUT2D eigenvalue weighted by molar-refractivity contribution is -0.147. The average molecular weight is 225 g/mol. The van der Waals surface area contributed by atoms with E-state index in [-0.39, 0.29) is 5.56 Å². The van der Waals surface area contributed by atoms with E-state index in [9.17, 15) is 22.0 Å². The summed E-state index contributed by atoms with van der Waals surface area (Å²) in [6.45, 7) is 0. The maximum atomic E-state index is 12.9. The first-order valence-corrected chi connectivity index (χ1v) is 4.07. The second kappa shape index (κ2) is 4.14. The summed E-state index contributed by atoms with van der Waals surface area (Å²) < 4.78 is 61.6. The highest BCUT2D eigenvalue weighted by atomic mass is 19.4. The van der Waals surface area contributed by atoms with Crippen LogP contribution in [-0.4, -0.2) is 12.2 Å².